The molecular formula is C17H16N2O5S. The van der Waals surface area contributed by atoms with Gasteiger partial charge < -0.3 is 4.42 Å². The number of hydrogen-bond acceptors (Lipinski definition) is 6. The molecule has 1 fully saturated rings. The van der Waals surface area contributed by atoms with E-state index < -0.39 is 27.7 Å². The highest BCUT2D eigenvalue weighted by Gasteiger charge is 2.43. The Morgan fingerprint density at radius 2 is 2.00 bits per heavy atom. The van der Waals surface area contributed by atoms with E-state index in [1.165, 1.54) is 13.0 Å². The number of hydrogen-bond donors (Lipinski definition) is 0. The summed E-state index contributed by atoms with van der Waals surface area (Å²) >= 11 is 0. The molecule has 2 amide bonds. The first-order valence-electron chi connectivity index (χ1n) is 7.71. The van der Waals surface area contributed by atoms with Crippen LogP contribution in [0.15, 0.2) is 33.3 Å². The highest BCUT2D eigenvalue weighted by atomic mass is 32.2. The van der Waals surface area contributed by atoms with E-state index in [0.717, 1.165) is 4.90 Å². The number of rotatable bonds is 2. The van der Waals surface area contributed by atoms with Crippen LogP contribution in [0.4, 0.5) is 0 Å². The van der Waals surface area contributed by atoms with E-state index in [2.05, 4.69) is 0 Å². The van der Waals surface area contributed by atoms with Gasteiger partial charge in [0.25, 0.3) is 11.8 Å². The molecule has 0 radical (unpaired) electrons. The lowest BCUT2D eigenvalue weighted by Crippen LogP contribution is -2.49. The smallest absolute Gasteiger partial charge is 0.271 e. The summed E-state index contributed by atoms with van der Waals surface area (Å²) in [5.41, 5.74) is 0.275. The molecule has 130 valence electrons. The van der Waals surface area contributed by atoms with Gasteiger partial charge >= 0.3 is 0 Å². The molecule has 3 rings (SSSR count). The Morgan fingerprint density at radius 1 is 1.28 bits per heavy atom. The summed E-state index contributed by atoms with van der Waals surface area (Å²) in [5, 5.41) is 9.33. The lowest BCUT2D eigenvalue weighted by molar-refractivity contribution is -0.142. The van der Waals surface area contributed by atoms with E-state index >= 15 is 0 Å². The van der Waals surface area contributed by atoms with Crippen LogP contribution in [0.5, 0.6) is 0 Å². The average molecular weight is 360 g/mol. The number of sulfone groups is 1. The third-order valence-corrected chi connectivity index (χ3v) is 6.14. The second-order valence-corrected chi connectivity index (χ2v) is 8.38. The fourth-order valence-corrected chi connectivity index (χ4v) is 4.78. The zero-order valence-electron chi connectivity index (χ0n) is 13.8. The van der Waals surface area contributed by atoms with Crippen molar-refractivity contribution in [2.24, 2.45) is 0 Å². The third kappa shape index (κ3) is 3.03. The Hall–Kier alpha value is -2.66. The molecule has 8 heteroatoms. The molecule has 1 unspecified atom stereocenters. The maximum absolute atomic E-state index is 12.9. The van der Waals surface area contributed by atoms with Gasteiger partial charge in [0, 0.05) is 5.57 Å². The minimum absolute atomic E-state index is 0.0737. The molecule has 1 aromatic rings. The average Bonchev–Trinajstić information content (AvgIpc) is 3.10. The van der Waals surface area contributed by atoms with Crippen molar-refractivity contribution in [1.29, 1.82) is 5.26 Å². The molecule has 0 saturated carbocycles. The molecule has 1 saturated heterocycles. The largest absolute Gasteiger partial charge is 0.462 e. The minimum atomic E-state index is -3.29. The molecule has 7 nitrogen and oxygen atoms in total. The van der Waals surface area contributed by atoms with E-state index in [0.29, 0.717) is 11.5 Å². The van der Waals surface area contributed by atoms with Gasteiger partial charge in [-0.3, -0.25) is 14.5 Å². The first-order valence-corrected chi connectivity index (χ1v) is 9.53. The summed E-state index contributed by atoms with van der Waals surface area (Å²) in [6, 6.07) is 4.50. The van der Waals surface area contributed by atoms with Crippen molar-refractivity contribution in [3.8, 4) is 6.07 Å². The van der Waals surface area contributed by atoms with E-state index in [1.807, 2.05) is 6.07 Å². The van der Waals surface area contributed by atoms with Gasteiger partial charge in [-0.1, -0.05) is 0 Å². The Morgan fingerprint density at radius 3 is 2.52 bits per heavy atom. The van der Waals surface area contributed by atoms with Crippen LogP contribution in [0.1, 0.15) is 24.9 Å². The highest BCUT2D eigenvalue weighted by molar-refractivity contribution is 7.91. The van der Waals surface area contributed by atoms with Gasteiger partial charge in [0.1, 0.15) is 23.2 Å². The maximum atomic E-state index is 12.9. The molecule has 2 aliphatic heterocycles. The molecule has 1 atom stereocenters. The number of nitrogens with zero attached hydrogens (tertiary/aromatic N) is 2. The monoisotopic (exact) mass is 360 g/mol. The predicted octanol–water partition coefficient (Wildman–Crippen LogP) is 1.37. The number of imide groups is 1. The van der Waals surface area contributed by atoms with Crippen LogP contribution < -0.4 is 0 Å². The van der Waals surface area contributed by atoms with Crippen molar-refractivity contribution < 1.29 is 22.4 Å². The van der Waals surface area contributed by atoms with Crippen molar-refractivity contribution in [3.05, 3.63) is 40.4 Å². The summed E-state index contributed by atoms with van der Waals surface area (Å²) in [6.45, 7) is 3.28. The van der Waals surface area contributed by atoms with Crippen LogP contribution in [0.25, 0.3) is 6.08 Å². The maximum Gasteiger partial charge on any atom is 0.271 e. The molecule has 0 N–H and O–H groups in total. The van der Waals surface area contributed by atoms with Crippen LogP contribution in [-0.2, 0) is 19.4 Å². The van der Waals surface area contributed by atoms with Gasteiger partial charge in [-0.05, 0) is 44.1 Å². The fourth-order valence-electron chi connectivity index (χ4n) is 3.08. The van der Waals surface area contributed by atoms with Gasteiger partial charge in [0.15, 0.2) is 9.84 Å². The standard InChI is InChI=1S/C17H16N2O5S/c1-10-3-4-13(24-10)7-14-11(2)15(8-18)17(21)19(16(14)20)12-5-6-25(22,23)9-12/h3-4,7,12H,5-6,9H2,1-2H3/b14-7+. The van der Waals surface area contributed by atoms with Crippen molar-refractivity contribution in [2.75, 3.05) is 11.5 Å². The summed E-state index contributed by atoms with van der Waals surface area (Å²) in [4.78, 5) is 26.3. The van der Waals surface area contributed by atoms with Crippen LogP contribution >= 0.6 is 0 Å². The van der Waals surface area contributed by atoms with Gasteiger partial charge in [-0.2, -0.15) is 5.26 Å². The van der Waals surface area contributed by atoms with Gasteiger partial charge in [-0.15, -0.1) is 0 Å². The first kappa shape index (κ1) is 17.2. The molecule has 3 heterocycles. The molecule has 2 aliphatic rings. The van der Waals surface area contributed by atoms with Crippen LogP contribution in [0, 0.1) is 18.3 Å². The lowest BCUT2D eigenvalue weighted by Gasteiger charge is -2.31. The number of nitriles is 1. The number of aryl methyl sites for hydroxylation is 1. The van der Waals surface area contributed by atoms with Gasteiger partial charge in [-0.25, -0.2) is 8.42 Å². The van der Waals surface area contributed by atoms with Crippen molar-refractivity contribution >= 4 is 27.7 Å². The SMILES string of the molecule is CC1=C(C#N)C(=O)N(C2CCS(=O)(=O)C2)C(=O)/C1=C/c1ccc(C)o1. The number of carbonyl (C=O) groups is 2. The minimum Gasteiger partial charge on any atom is -0.462 e. The quantitative estimate of drug-likeness (QED) is 0.582. The first-order chi connectivity index (χ1) is 11.7. The Kier molecular flexibility index (Phi) is 4.13. The van der Waals surface area contributed by atoms with Crippen molar-refractivity contribution in [3.63, 3.8) is 0 Å². The van der Waals surface area contributed by atoms with E-state index in [1.54, 1.807) is 19.1 Å². The zero-order chi connectivity index (χ0) is 18.4. The normalized spacial score (nSPS) is 24.9. The molecule has 1 aromatic heterocycles. The van der Waals surface area contributed by atoms with Crippen LogP contribution in [0.3, 0.4) is 0 Å². The fraction of sp³-hybridized carbons (Fsp3) is 0.353. The lowest BCUT2D eigenvalue weighted by atomic mass is 9.93. The Bertz CT molecular complexity index is 975. The summed E-state index contributed by atoms with van der Waals surface area (Å²) in [5.74, 6) is -0.596. The summed E-state index contributed by atoms with van der Waals surface area (Å²) in [6.07, 6.45) is 1.66. The van der Waals surface area contributed by atoms with E-state index in [-0.39, 0.29) is 34.6 Å². The molecule has 0 aliphatic carbocycles. The number of carbonyl (C=O) groups excluding carboxylic acids is 2. The Balaban J connectivity index is 2.08. The Labute approximate surface area is 145 Å². The molecule has 0 bridgehead atoms. The topological polar surface area (TPSA) is 108 Å². The van der Waals surface area contributed by atoms with Crippen molar-refractivity contribution in [2.45, 2.75) is 26.3 Å². The molecule has 0 spiro atoms. The zero-order valence-corrected chi connectivity index (χ0v) is 14.6. The molecule has 0 aromatic carbocycles. The van der Waals surface area contributed by atoms with Gasteiger partial charge in [0.2, 0.25) is 0 Å². The van der Waals surface area contributed by atoms with Crippen LogP contribution in [0.2, 0.25) is 0 Å². The molecular weight excluding hydrogens is 344 g/mol. The second kappa shape index (κ2) is 6.01. The van der Waals surface area contributed by atoms with E-state index in [4.69, 9.17) is 4.42 Å². The highest BCUT2D eigenvalue weighted by Crippen LogP contribution is 2.31. The molecule has 25 heavy (non-hydrogen) atoms. The van der Waals surface area contributed by atoms with Crippen molar-refractivity contribution in [1.82, 2.24) is 4.90 Å². The number of furan rings is 1. The third-order valence-electron chi connectivity index (χ3n) is 4.39. The predicted molar refractivity (Wildman–Crippen MR) is 88.6 cm³/mol. The van der Waals surface area contributed by atoms with E-state index in [9.17, 15) is 23.3 Å². The summed E-state index contributed by atoms with van der Waals surface area (Å²) in [7, 11) is -3.29. The van der Waals surface area contributed by atoms with Crippen LogP contribution in [-0.4, -0.2) is 42.7 Å². The second-order valence-electron chi connectivity index (χ2n) is 6.16. The number of amides is 2. The summed E-state index contributed by atoms with van der Waals surface area (Å²) < 4.78 is 28.9. The van der Waals surface area contributed by atoms with Gasteiger partial charge in [0.05, 0.1) is 17.5 Å².